The smallest absolute Gasteiger partial charge is 0.550 e. The molecule has 0 fully saturated rings. The normalized spacial score (nSPS) is 10.7. The maximum Gasteiger partial charge on any atom is 2.00 e. The molecule has 0 saturated heterocycles. The Balaban J connectivity index is 0.000000344. The first-order chi connectivity index (χ1) is 39.8. The zero-order valence-electron chi connectivity index (χ0n) is 47.3. The molecule has 0 saturated carbocycles. The minimum absolute atomic E-state index is 0. The number of carbonyl (C=O) groups excluding carboxylic acids is 4. The molecule has 8 aromatic carbocycles. The molecule has 0 spiro atoms. The average Bonchev–Trinajstić information content (AvgIpc) is 3.61. The van der Waals surface area contributed by atoms with E-state index in [4.69, 9.17) is 49.6 Å². The van der Waals surface area contributed by atoms with Crippen molar-refractivity contribution >= 4 is 98.0 Å². The van der Waals surface area contributed by atoms with Crippen LogP contribution < -0.4 is 62.9 Å². The largest absolute Gasteiger partial charge is 2.00 e. The van der Waals surface area contributed by atoms with Crippen LogP contribution in [0.2, 0.25) is 0 Å². The van der Waals surface area contributed by atoms with Crippen molar-refractivity contribution in [2.24, 2.45) is 0 Å². The Morgan fingerprint density at radius 1 is 0.298 bits per heavy atom. The van der Waals surface area contributed by atoms with Gasteiger partial charge in [0, 0.05) is 52.1 Å². The third kappa shape index (κ3) is 25.0. The SMILES string of the molecule is CC(=O)[O-].CC(=O)[O-].CC(=O)[O-].CC(=O)[O-].[Cd+2].[Cd+2].c1ccc(P(c2ccccc2)[C@@H](c2ccccn2)[PH+](c2ccccc2)c2ccccc2)cc1.c1ccc(P(c2ccccc2)[C@H](c2ccccn2)[PH+](c2ccccc2)c2ccccc2)cc1. The first-order valence-corrected chi connectivity index (χ1v) is 32.0. The molecule has 0 N–H and O–H groups in total. The summed E-state index contributed by atoms with van der Waals surface area (Å²) in [6, 6.07) is 101. The second kappa shape index (κ2) is 40.7. The van der Waals surface area contributed by atoms with E-state index in [0.717, 1.165) is 27.7 Å². The monoisotopic (exact) mass is 1390 g/mol. The van der Waals surface area contributed by atoms with Crippen molar-refractivity contribution in [3.63, 3.8) is 0 Å². The van der Waals surface area contributed by atoms with Crippen LogP contribution in [0.15, 0.2) is 291 Å². The van der Waals surface area contributed by atoms with Gasteiger partial charge in [-0.1, -0.05) is 206 Å². The first-order valence-electron chi connectivity index (χ1n) is 26.0. The number of aliphatic carboxylic acids is 4. The standard InChI is InChI=1S/2C30H25NP2.4C2H4O2.2Cd/c2*1-5-15-25(16-6-1)32(26-17-7-2-8-18-26)30(29-23-13-14-24-31-29)33(27-19-9-3-10-20-27)28-21-11-4-12-22-28;4*1-2(3)4;;/h2*1-24,30H;4*1H3,(H,3,4);;/q;;;;;;2*+2/p-2. The summed E-state index contributed by atoms with van der Waals surface area (Å²) >= 11 is 0. The van der Waals surface area contributed by atoms with Gasteiger partial charge in [0.2, 0.25) is 0 Å². The summed E-state index contributed by atoms with van der Waals surface area (Å²) in [7, 11) is -3.82. The third-order valence-electron chi connectivity index (χ3n) is 11.5. The summed E-state index contributed by atoms with van der Waals surface area (Å²) < 4.78 is 0. The summed E-state index contributed by atoms with van der Waals surface area (Å²) in [4.78, 5) is 45.5. The van der Waals surface area contributed by atoms with Crippen molar-refractivity contribution in [3.8, 4) is 0 Å². The van der Waals surface area contributed by atoms with Crippen LogP contribution in [0, 0.1) is 0 Å². The van der Waals surface area contributed by atoms with E-state index in [9.17, 15) is 0 Å². The molecule has 2 atom stereocenters. The fraction of sp³-hybridized carbons (Fsp3) is 0.0882. The van der Waals surface area contributed by atoms with E-state index in [2.05, 4.69) is 267 Å². The van der Waals surface area contributed by atoms with E-state index in [1.54, 1.807) is 0 Å². The van der Waals surface area contributed by atoms with E-state index in [0.29, 0.717) is 0 Å². The predicted molar refractivity (Wildman–Crippen MR) is 336 cm³/mol. The number of nitrogens with zero attached hydrogens (tertiary/aromatic N) is 2. The molecule has 0 amide bonds. The zero-order valence-corrected chi connectivity index (χ0v) is 59.2. The molecule has 16 heteroatoms. The number of rotatable bonds is 14. The minimum atomic E-state index is -1.22. The second-order valence-electron chi connectivity index (χ2n) is 17.7. The number of hydrogen-bond donors (Lipinski definition) is 0. The topological polar surface area (TPSA) is 186 Å². The Morgan fingerprint density at radius 2 is 0.464 bits per heavy atom. The predicted octanol–water partition coefficient (Wildman–Crippen LogP) is 7.18. The van der Waals surface area contributed by atoms with Gasteiger partial charge in [0.15, 0.2) is 0 Å². The number of carboxylic acids is 4. The van der Waals surface area contributed by atoms with Gasteiger partial charge in [0.05, 0.1) is 48.4 Å². The van der Waals surface area contributed by atoms with Crippen molar-refractivity contribution in [3.05, 3.63) is 303 Å². The van der Waals surface area contributed by atoms with Crippen molar-refractivity contribution in [1.82, 2.24) is 9.97 Å². The van der Waals surface area contributed by atoms with Crippen LogP contribution in [-0.4, -0.2) is 33.8 Å². The van der Waals surface area contributed by atoms with Crippen LogP contribution in [0.4, 0.5) is 0 Å². The van der Waals surface area contributed by atoms with Gasteiger partial charge in [-0.2, -0.15) is 0 Å². The van der Waals surface area contributed by atoms with Crippen LogP contribution >= 0.6 is 31.7 Å². The van der Waals surface area contributed by atoms with E-state index >= 15 is 0 Å². The van der Waals surface area contributed by atoms with Crippen LogP contribution in [-0.2, 0) is 73.8 Å². The molecule has 10 aromatic rings. The fourth-order valence-corrected chi connectivity index (χ4v) is 23.9. The molecule has 2 aromatic heterocycles. The number of carboxylic acid groups (broad SMARTS) is 4. The Hall–Kier alpha value is -6.50. The average molecular weight is 1390 g/mol. The van der Waals surface area contributed by atoms with Gasteiger partial charge in [-0.25, -0.2) is 0 Å². The Morgan fingerprint density at radius 3 is 0.631 bits per heavy atom. The molecule has 0 aliphatic rings. The Bertz CT molecular complexity index is 2790. The summed E-state index contributed by atoms with van der Waals surface area (Å²) in [5.74, 6) is -4.33. The van der Waals surface area contributed by atoms with Gasteiger partial charge in [-0.3, -0.25) is 9.97 Å². The van der Waals surface area contributed by atoms with Crippen LogP contribution in [0.25, 0.3) is 0 Å². The molecular formula is C68H64Cd2N2O8P4+2. The summed E-state index contributed by atoms with van der Waals surface area (Å²) in [5.41, 5.74) is 2.36. The number of carbonyl (C=O) groups is 4. The molecule has 416 valence electrons. The molecule has 0 bridgehead atoms. The number of pyridine rings is 2. The molecule has 10 nitrogen and oxygen atoms in total. The molecule has 0 radical (unpaired) electrons. The van der Waals surface area contributed by atoms with Crippen molar-refractivity contribution in [1.29, 1.82) is 0 Å². The third-order valence-corrected chi connectivity index (χ3v) is 25.1. The van der Waals surface area contributed by atoms with Crippen molar-refractivity contribution in [2.45, 2.75) is 38.5 Å². The molecule has 0 aliphatic carbocycles. The van der Waals surface area contributed by atoms with Crippen LogP contribution in [0.5, 0.6) is 0 Å². The molecule has 84 heavy (non-hydrogen) atoms. The second-order valence-corrected chi connectivity index (χ2v) is 28.3. The Labute approximate surface area is 538 Å². The van der Waals surface area contributed by atoms with Gasteiger partial charge in [-0.15, -0.1) is 0 Å². The van der Waals surface area contributed by atoms with Gasteiger partial charge < -0.3 is 39.6 Å². The zero-order chi connectivity index (χ0) is 58.9. The molecule has 0 aliphatic heterocycles. The Kier molecular flexibility index (Phi) is 34.8. The maximum absolute atomic E-state index is 8.89. The maximum atomic E-state index is 8.89. The van der Waals surface area contributed by atoms with E-state index in [1.807, 2.05) is 24.5 Å². The van der Waals surface area contributed by atoms with E-state index in [-0.39, 0.29) is 65.4 Å². The van der Waals surface area contributed by atoms with Crippen LogP contribution in [0.1, 0.15) is 49.9 Å². The quantitative estimate of drug-likeness (QED) is 0.0798. The molecule has 0 unspecified atom stereocenters. The van der Waals surface area contributed by atoms with E-state index < -0.39 is 55.6 Å². The first kappa shape index (κ1) is 71.8. The van der Waals surface area contributed by atoms with Crippen molar-refractivity contribution in [2.75, 3.05) is 0 Å². The minimum Gasteiger partial charge on any atom is -0.550 e. The summed E-state index contributed by atoms with van der Waals surface area (Å²) in [5, 5.41) is 47.4. The molecule has 10 rings (SSSR count). The molecular weight excluding hydrogens is 1320 g/mol. The fourth-order valence-electron chi connectivity index (χ4n) is 8.58. The molecule has 2 heterocycles. The number of hydrogen-bond acceptors (Lipinski definition) is 10. The van der Waals surface area contributed by atoms with Crippen LogP contribution in [0.3, 0.4) is 0 Å². The number of aromatic nitrogens is 2. The van der Waals surface area contributed by atoms with Crippen molar-refractivity contribution < 1.29 is 94.2 Å². The van der Waals surface area contributed by atoms with Gasteiger partial charge >= 0.3 is 54.6 Å². The number of benzene rings is 8. The summed E-state index contributed by atoms with van der Waals surface area (Å²) in [6.45, 7) is 3.89. The van der Waals surface area contributed by atoms with Gasteiger partial charge in [0.1, 0.15) is 10.8 Å². The van der Waals surface area contributed by atoms with Gasteiger partial charge in [0.25, 0.3) is 0 Å². The van der Waals surface area contributed by atoms with E-state index in [1.165, 1.54) is 53.8 Å². The summed E-state index contributed by atoms with van der Waals surface area (Å²) in [6.07, 6.45) is 3.89. The van der Waals surface area contributed by atoms with Gasteiger partial charge in [-0.05, 0) is 122 Å².